The third-order valence-corrected chi connectivity index (χ3v) is 5.23. The minimum Gasteiger partial charge on any atom is -0.324 e. The van der Waals surface area contributed by atoms with Gasteiger partial charge >= 0.3 is 0 Å². The van der Waals surface area contributed by atoms with Crippen LogP contribution < -0.4 is 4.90 Å². The quantitative estimate of drug-likeness (QED) is 0.643. The van der Waals surface area contributed by atoms with Gasteiger partial charge in [-0.2, -0.15) is 0 Å². The van der Waals surface area contributed by atoms with E-state index in [2.05, 4.69) is 79.0 Å². The summed E-state index contributed by atoms with van der Waals surface area (Å²) in [7, 11) is 4.24. The first-order valence-corrected chi connectivity index (χ1v) is 9.86. The lowest BCUT2D eigenvalue weighted by molar-refractivity contribution is 0.313. The molecule has 0 atom stereocenters. The third kappa shape index (κ3) is 3.92. The predicted octanol–water partition coefficient (Wildman–Crippen LogP) is 3.70. The van der Waals surface area contributed by atoms with E-state index < -0.39 is 0 Å². The Kier molecular flexibility index (Phi) is 6.28. The zero-order valence-electron chi connectivity index (χ0n) is 16.7. The Labute approximate surface area is 158 Å². The Hall–Kier alpha value is -1.91. The van der Waals surface area contributed by atoms with E-state index in [0.29, 0.717) is 0 Å². The van der Waals surface area contributed by atoms with Crippen molar-refractivity contribution in [2.75, 3.05) is 58.3 Å². The van der Waals surface area contributed by atoms with E-state index in [1.165, 1.54) is 22.0 Å². The van der Waals surface area contributed by atoms with Gasteiger partial charge in [-0.05, 0) is 51.6 Å². The van der Waals surface area contributed by atoms with Crippen LogP contribution in [0, 0.1) is 0 Å². The molecule has 2 aromatic carbocycles. The Morgan fingerprint density at radius 3 is 2.38 bits per heavy atom. The number of rotatable bonds is 9. The summed E-state index contributed by atoms with van der Waals surface area (Å²) in [6.45, 7) is 10.7. The molecule has 0 saturated heterocycles. The Morgan fingerprint density at radius 2 is 1.69 bits per heavy atom. The molecule has 0 saturated carbocycles. The van der Waals surface area contributed by atoms with Gasteiger partial charge in [0.15, 0.2) is 0 Å². The van der Waals surface area contributed by atoms with Crippen molar-refractivity contribution in [3.05, 3.63) is 42.0 Å². The summed E-state index contributed by atoms with van der Waals surface area (Å²) in [5.74, 6) is 1.16. The largest absolute Gasteiger partial charge is 0.324 e. The van der Waals surface area contributed by atoms with Crippen LogP contribution in [0.1, 0.15) is 25.8 Å². The smallest absolute Gasteiger partial charge is 0.136 e. The Morgan fingerprint density at radius 1 is 0.962 bits per heavy atom. The van der Waals surface area contributed by atoms with E-state index in [-0.39, 0.29) is 0 Å². The summed E-state index contributed by atoms with van der Waals surface area (Å²) in [5.41, 5.74) is 2.61. The highest BCUT2D eigenvalue weighted by molar-refractivity contribution is 6.27. The van der Waals surface area contributed by atoms with Crippen molar-refractivity contribution in [1.29, 1.82) is 0 Å². The molecule has 140 valence electrons. The van der Waals surface area contributed by atoms with E-state index in [1.807, 2.05) is 0 Å². The molecule has 26 heavy (non-hydrogen) atoms. The van der Waals surface area contributed by atoms with Gasteiger partial charge in [0.25, 0.3) is 0 Å². The van der Waals surface area contributed by atoms with Crippen molar-refractivity contribution in [3.8, 4) is 0 Å². The fourth-order valence-electron chi connectivity index (χ4n) is 3.74. The Balaban J connectivity index is 1.89. The number of aliphatic imine (C=N–C) groups is 1. The summed E-state index contributed by atoms with van der Waals surface area (Å²) in [4.78, 5) is 12.2. The van der Waals surface area contributed by atoms with Crippen molar-refractivity contribution in [2.45, 2.75) is 20.3 Å². The second-order valence-electron chi connectivity index (χ2n) is 7.22. The molecule has 4 nitrogen and oxygen atoms in total. The molecule has 0 aromatic heterocycles. The molecule has 0 aliphatic carbocycles. The van der Waals surface area contributed by atoms with Crippen LogP contribution in [-0.4, -0.2) is 69.0 Å². The second-order valence-corrected chi connectivity index (χ2v) is 7.22. The highest BCUT2D eigenvalue weighted by Crippen LogP contribution is 2.37. The van der Waals surface area contributed by atoms with Gasteiger partial charge in [-0.25, -0.2) is 0 Å². The molecule has 0 bridgehead atoms. The maximum Gasteiger partial charge on any atom is 0.136 e. The predicted molar refractivity (Wildman–Crippen MR) is 114 cm³/mol. The standard InChI is InChI=1S/C22H32N4/c1-5-25(6-2)16-17-26-20-13-8-11-18-10-7-12-19(21(18)20)22(26)23-14-9-15-24(3)4/h7-8,10-13H,5-6,9,14-17H2,1-4H3/b23-22-. The highest BCUT2D eigenvalue weighted by Gasteiger charge is 2.27. The van der Waals surface area contributed by atoms with E-state index in [9.17, 15) is 0 Å². The molecule has 2 aromatic rings. The van der Waals surface area contributed by atoms with Crippen molar-refractivity contribution in [1.82, 2.24) is 9.80 Å². The maximum absolute atomic E-state index is 5.04. The zero-order chi connectivity index (χ0) is 18.5. The normalized spacial score (nSPS) is 15.2. The van der Waals surface area contributed by atoms with Crippen molar-refractivity contribution >= 4 is 22.3 Å². The Bertz CT molecular complexity index is 757. The molecule has 0 unspecified atom stereocenters. The minimum atomic E-state index is 0.875. The minimum absolute atomic E-state index is 0.875. The molecule has 3 rings (SSSR count). The lowest BCUT2D eigenvalue weighted by atomic mass is 10.1. The molecular weight excluding hydrogens is 320 g/mol. The number of amidine groups is 1. The van der Waals surface area contributed by atoms with Crippen LogP contribution in [0.2, 0.25) is 0 Å². The summed E-state index contributed by atoms with van der Waals surface area (Å²) >= 11 is 0. The summed E-state index contributed by atoms with van der Waals surface area (Å²) in [6, 6.07) is 13.2. The van der Waals surface area contributed by atoms with Crippen LogP contribution in [0.15, 0.2) is 41.4 Å². The first kappa shape index (κ1) is 18.9. The third-order valence-electron chi connectivity index (χ3n) is 5.23. The van der Waals surface area contributed by atoms with Gasteiger partial charge in [0.05, 0.1) is 5.69 Å². The SMILES string of the molecule is CCN(CC)CCN1/C(=N\CCCN(C)C)c2cccc3cccc1c23. The average molecular weight is 353 g/mol. The van der Waals surface area contributed by atoms with Gasteiger partial charge in [-0.15, -0.1) is 0 Å². The van der Waals surface area contributed by atoms with E-state index in [0.717, 1.165) is 51.5 Å². The molecule has 1 aliphatic heterocycles. The fraction of sp³-hybridized carbons (Fsp3) is 0.500. The topological polar surface area (TPSA) is 22.1 Å². The lowest BCUT2D eigenvalue weighted by Gasteiger charge is -2.25. The first-order chi connectivity index (χ1) is 12.7. The molecule has 1 heterocycles. The number of hydrogen-bond acceptors (Lipinski definition) is 3. The number of hydrogen-bond donors (Lipinski definition) is 0. The molecule has 1 aliphatic rings. The van der Waals surface area contributed by atoms with Gasteiger partial charge in [-0.3, -0.25) is 4.99 Å². The molecule has 0 spiro atoms. The summed E-state index contributed by atoms with van der Waals surface area (Å²) in [6.07, 6.45) is 1.09. The number of nitrogens with zero attached hydrogens (tertiary/aromatic N) is 4. The summed E-state index contributed by atoms with van der Waals surface area (Å²) < 4.78 is 0. The van der Waals surface area contributed by atoms with Crippen molar-refractivity contribution in [3.63, 3.8) is 0 Å². The molecular formula is C22H32N4. The van der Waals surface area contributed by atoms with Gasteiger partial charge in [0, 0.05) is 30.6 Å². The second kappa shape index (κ2) is 8.65. The fourth-order valence-corrected chi connectivity index (χ4v) is 3.74. The highest BCUT2D eigenvalue weighted by atomic mass is 15.2. The van der Waals surface area contributed by atoms with Crippen LogP contribution in [0.3, 0.4) is 0 Å². The lowest BCUT2D eigenvalue weighted by Crippen LogP contribution is -2.37. The van der Waals surface area contributed by atoms with Gasteiger partial charge in [-0.1, -0.05) is 44.2 Å². The molecule has 4 heteroatoms. The molecule has 0 fully saturated rings. The van der Waals surface area contributed by atoms with Gasteiger partial charge in [0.2, 0.25) is 0 Å². The van der Waals surface area contributed by atoms with Gasteiger partial charge in [0.1, 0.15) is 5.84 Å². The molecule has 0 radical (unpaired) electrons. The van der Waals surface area contributed by atoms with Crippen LogP contribution >= 0.6 is 0 Å². The van der Waals surface area contributed by atoms with Crippen molar-refractivity contribution in [2.24, 2.45) is 4.99 Å². The maximum atomic E-state index is 5.04. The molecule has 0 N–H and O–H groups in total. The zero-order valence-corrected chi connectivity index (χ0v) is 16.7. The average Bonchev–Trinajstić information content (AvgIpc) is 2.95. The van der Waals surface area contributed by atoms with Crippen LogP contribution in [-0.2, 0) is 0 Å². The van der Waals surface area contributed by atoms with Crippen LogP contribution in [0.4, 0.5) is 5.69 Å². The number of anilines is 1. The monoisotopic (exact) mass is 352 g/mol. The molecule has 0 amide bonds. The number of likely N-dealkylation sites (N-methyl/N-ethyl adjacent to an activating group) is 1. The number of benzene rings is 2. The van der Waals surface area contributed by atoms with Crippen LogP contribution in [0.5, 0.6) is 0 Å². The van der Waals surface area contributed by atoms with E-state index in [1.54, 1.807) is 0 Å². The first-order valence-electron chi connectivity index (χ1n) is 9.86. The van der Waals surface area contributed by atoms with Crippen molar-refractivity contribution < 1.29 is 0 Å². The van der Waals surface area contributed by atoms with Crippen LogP contribution in [0.25, 0.3) is 10.8 Å². The van der Waals surface area contributed by atoms with E-state index in [4.69, 9.17) is 4.99 Å². The van der Waals surface area contributed by atoms with E-state index >= 15 is 0 Å². The summed E-state index contributed by atoms with van der Waals surface area (Å²) in [5, 5.41) is 2.67. The van der Waals surface area contributed by atoms with Gasteiger partial charge < -0.3 is 14.7 Å².